The van der Waals surface area contributed by atoms with Crippen molar-refractivity contribution in [3.8, 4) is 16.9 Å². The predicted octanol–water partition coefficient (Wildman–Crippen LogP) is 6.54. The van der Waals surface area contributed by atoms with Crippen molar-refractivity contribution in [2.75, 3.05) is 6.61 Å². The van der Waals surface area contributed by atoms with Gasteiger partial charge in [-0.15, -0.1) is 0 Å². The lowest BCUT2D eigenvalue weighted by Crippen LogP contribution is -2.07. The molecular weight excluding hydrogens is 318 g/mol. The van der Waals surface area contributed by atoms with E-state index in [1.165, 1.54) is 50.2 Å². The second-order valence-electron chi connectivity index (χ2n) is 6.91. The third kappa shape index (κ3) is 4.39. The van der Waals surface area contributed by atoms with E-state index in [0.717, 1.165) is 12.3 Å². The van der Waals surface area contributed by atoms with Crippen LogP contribution in [0.4, 0.5) is 8.78 Å². The molecule has 3 rings (SSSR count). The SMILES string of the molecule is CCOc1ccc(-c2ccc(CCC3CCCCC3)cc2)c(F)c1F. The summed E-state index contributed by atoms with van der Waals surface area (Å²) >= 11 is 0. The molecule has 0 aromatic heterocycles. The molecule has 0 heterocycles. The molecule has 1 fully saturated rings. The molecule has 1 aliphatic rings. The summed E-state index contributed by atoms with van der Waals surface area (Å²) in [5.74, 6) is -0.944. The van der Waals surface area contributed by atoms with Crippen LogP contribution in [0.25, 0.3) is 11.1 Å². The molecule has 0 unspecified atom stereocenters. The fourth-order valence-electron chi connectivity index (χ4n) is 3.72. The van der Waals surface area contributed by atoms with Crippen molar-refractivity contribution in [3.63, 3.8) is 0 Å². The van der Waals surface area contributed by atoms with Crippen molar-refractivity contribution >= 4 is 0 Å². The van der Waals surface area contributed by atoms with Gasteiger partial charge in [-0.3, -0.25) is 0 Å². The first-order chi connectivity index (χ1) is 12.2. The molecule has 134 valence electrons. The number of halogens is 2. The maximum atomic E-state index is 14.3. The van der Waals surface area contributed by atoms with E-state index in [-0.39, 0.29) is 11.3 Å². The molecule has 3 heteroatoms. The highest BCUT2D eigenvalue weighted by Crippen LogP contribution is 2.31. The van der Waals surface area contributed by atoms with Gasteiger partial charge >= 0.3 is 0 Å². The molecule has 1 nitrogen and oxygen atoms in total. The number of hydrogen-bond donors (Lipinski definition) is 0. The van der Waals surface area contributed by atoms with Crippen molar-refractivity contribution in [1.29, 1.82) is 0 Å². The van der Waals surface area contributed by atoms with Gasteiger partial charge in [-0.25, -0.2) is 4.39 Å². The van der Waals surface area contributed by atoms with Gasteiger partial charge in [0, 0.05) is 5.56 Å². The van der Waals surface area contributed by atoms with Gasteiger partial charge in [0.1, 0.15) is 0 Å². The van der Waals surface area contributed by atoms with Gasteiger partial charge in [-0.2, -0.15) is 4.39 Å². The van der Waals surface area contributed by atoms with Crippen LogP contribution in [0.5, 0.6) is 5.75 Å². The van der Waals surface area contributed by atoms with Crippen LogP contribution in [0.3, 0.4) is 0 Å². The van der Waals surface area contributed by atoms with E-state index < -0.39 is 11.6 Å². The van der Waals surface area contributed by atoms with Crippen LogP contribution in [0.2, 0.25) is 0 Å². The van der Waals surface area contributed by atoms with E-state index in [4.69, 9.17) is 4.74 Å². The zero-order valence-electron chi connectivity index (χ0n) is 14.9. The Balaban J connectivity index is 1.68. The van der Waals surface area contributed by atoms with Crippen LogP contribution in [0, 0.1) is 17.6 Å². The molecule has 2 aromatic carbocycles. The number of rotatable bonds is 6. The summed E-state index contributed by atoms with van der Waals surface area (Å²) in [7, 11) is 0. The average Bonchev–Trinajstić information content (AvgIpc) is 2.66. The summed E-state index contributed by atoms with van der Waals surface area (Å²) < 4.78 is 33.5. The third-order valence-corrected chi connectivity index (χ3v) is 5.18. The fraction of sp³-hybridized carbons (Fsp3) is 0.455. The highest BCUT2D eigenvalue weighted by Gasteiger charge is 2.16. The summed E-state index contributed by atoms with van der Waals surface area (Å²) in [5, 5.41) is 0. The summed E-state index contributed by atoms with van der Waals surface area (Å²) in [5.41, 5.74) is 2.24. The van der Waals surface area contributed by atoms with Gasteiger partial charge in [0.25, 0.3) is 0 Å². The molecule has 0 atom stereocenters. The molecule has 0 bridgehead atoms. The summed E-state index contributed by atoms with van der Waals surface area (Å²) in [4.78, 5) is 0. The Labute approximate surface area is 149 Å². The van der Waals surface area contributed by atoms with E-state index in [2.05, 4.69) is 0 Å². The maximum absolute atomic E-state index is 14.3. The van der Waals surface area contributed by atoms with E-state index >= 15 is 0 Å². The number of aryl methyl sites for hydroxylation is 1. The number of hydrogen-bond acceptors (Lipinski definition) is 1. The minimum atomic E-state index is -0.916. The Morgan fingerprint density at radius 3 is 2.32 bits per heavy atom. The zero-order valence-corrected chi connectivity index (χ0v) is 14.9. The van der Waals surface area contributed by atoms with Crippen LogP contribution in [0.1, 0.15) is 51.0 Å². The van der Waals surface area contributed by atoms with Crippen LogP contribution < -0.4 is 4.74 Å². The molecule has 0 amide bonds. The first-order valence-corrected chi connectivity index (χ1v) is 9.39. The van der Waals surface area contributed by atoms with Crippen LogP contribution in [-0.2, 0) is 6.42 Å². The fourth-order valence-corrected chi connectivity index (χ4v) is 3.72. The Morgan fingerprint density at radius 2 is 1.64 bits per heavy atom. The van der Waals surface area contributed by atoms with Crippen LogP contribution in [0.15, 0.2) is 36.4 Å². The molecular formula is C22H26F2O. The number of ether oxygens (including phenoxy) is 1. The van der Waals surface area contributed by atoms with Gasteiger partial charge in [-0.1, -0.05) is 56.4 Å². The van der Waals surface area contributed by atoms with Crippen molar-refractivity contribution in [3.05, 3.63) is 53.6 Å². The smallest absolute Gasteiger partial charge is 0.201 e. The minimum absolute atomic E-state index is 0.0344. The van der Waals surface area contributed by atoms with Crippen molar-refractivity contribution < 1.29 is 13.5 Å². The lowest BCUT2D eigenvalue weighted by Gasteiger charge is -2.21. The summed E-state index contributed by atoms with van der Waals surface area (Å²) in [6.07, 6.45) is 9.12. The predicted molar refractivity (Wildman–Crippen MR) is 97.9 cm³/mol. The highest BCUT2D eigenvalue weighted by molar-refractivity contribution is 5.65. The normalized spacial score (nSPS) is 15.3. The van der Waals surface area contributed by atoms with Crippen molar-refractivity contribution in [1.82, 2.24) is 0 Å². The monoisotopic (exact) mass is 344 g/mol. The lowest BCUT2D eigenvalue weighted by molar-refractivity contribution is 0.314. The van der Waals surface area contributed by atoms with Crippen LogP contribution >= 0.6 is 0 Å². The van der Waals surface area contributed by atoms with Gasteiger partial charge < -0.3 is 4.74 Å². The third-order valence-electron chi connectivity index (χ3n) is 5.18. The zero-order chi connectivity index (χ0) is 17.6. The number of benzene rings is 2. The molecule has 0 aliphatic heterocycles. The van der Waals surface area contributed by atoms with Crippen molar-refractivity contribution in [2.24, 2.45) is 5.92 Å². The van der Waals surface area contributed by atoms with Gasteiger partial charge in [-0.05, 0) is 48.9 Å². The van der Waals surface area contributed by atoms with E-state index in [9.17, 15) is 8.78 Å². The molecule has 0 radical (unpaired) electrons. The molecule has 1 saturated carbocycles. The van der Waals surface area contributed by atoms with Crippen LogP contribution in [-0.4, -0.2) is 6.61 Å². The quantitative estimate of drug-likeness (QED) is 0.578. The van der Waals surface area contributed by atoms with E-state index in [1.807, 2.05) is 24.3 Å². The Kier molecular flexibility index (Phi) is 6.06. The van der Waals surface area contributed by atoms with E-state index in [0.29, 0.717) is 12.2 Å². The molecule has 25 heavy (non-hydrogen) atoms. The lowest BCUT2D eigenvalue weighted by atomic mass is 9.85. The summed E-state index contributed by atoms with van der Waals surface area (Å²) in [6.45, 7) is 2.06. The molecule has 0 saturated heterocycles. The standard InChI is InChI=1S/C22H26F2O/c1-2-25-20-15-14-19(21(23)22(20)24)18-12-10-17(11-13-18)9-8-16-6-4-3-5-7-16/h10-16H,2-9H2,1H3. The topological polar surface area (TPSA) is 9.23 Å². The molecule has 1 aliphatic carbocycles. The van der Waals surface area contributed by atoms with Gasteiger partial charge in [0.05, 0.1) is 6.61 Å². The largest absolute Gasteiger partial charge is 0.491 e. The highest BCUT2D eigenvalue weighted by atomic mass is 19.2. The molecule has 0 spiro atoms. The second-order valence-corrected chi connectivity index (χ2v) is 6.91. The summed E-state index contributed by atoms with van der Waals surface area (Å²) in [6, 6.07) is 10.9. The molecule has 0 N–H and O–H groups in total. The Morgan fingerprint density at radius 1 is 0.920 bits per heavy atom. The first kappa shape index (κ1) is 17.9. The Bertz CT molecular complexity index is 688. The second kappa shape index (κ2) is 8.46. The maximum Gasteiger partial charge on any atom is 0.201 e. The van der Waals surface area contributed by atoms with Gasteiger partial charge in [0.2, 0.25) is 5.82 Å². The van der Waals surface area contributed by atoms with Gasteiger partial charge in [0.15, 0.2) is 11.6 Å². The molecule has 2 aromatic rings. The first-order valence-electron chi connectivity index (χ1n) is 9.39. The minimum Gasteiger partial charge on any atom is -0.491 e. The average molecular weight is 344 g/mol. The van der Waals surface area contributed by atoms with E-state index in [1.54, 1.807) is 13.0 Å². The Hall–Kier alpha value is -1.90. The van der Waals surface area contributed by atoms with Crippen molar-refractivity contribution in [2.45, 2.75) is 51.9 Å².